The van der Waals surface area contributed by atoms with Gasteiger partial charge in [-0.05, 0) is 42.7 Å². The lowest BCUT2D eigenvalue weighted by molar-refractivity contribution is 0.102. The SMILES string of the molecule is C[C@H]1CN(c2c(NC(=O)c3ccc(=O)n(-c4c(F)cccc4F)n3)ccc3nn([C@H]4CCOC4)cc23)C[C@@H]1N. The molecule has 0 bridgehead atoms. The van der Waals surface area contributed by atoms with Crippen molar-refractivity contribution in [1.82, 2.24) is 19.6 Å². The molecule has 2 fully saturated rings. The second-order valence-corrected chi connectivity index (χ2v) is 10.1. The van der Waals surface area contributed by atoms with Gasteiger partial charge in [-0.3, -0.25) is 14.3 Å². The summed E-state index contributed by atoms with van der Waals surface area (Å²) in [5.74, 6) is -2.35. The molecule has 2 aliphatic rings. The van der Waals surface area contributed by atoms with Crippen molar-refractivity contribution < 1.29 is 18.3 Å². The van der Waals surface area contributed by atoms with Gasteiger partial charge in [0.1, 0.15) is 11.4 Å². The average molecular weight is 536 g/mol. The Kier molecular flexibility index (Phi) is 6.35. The molecular formula is C27H27F2N7O3. The number of fused-ring (bicyclic) bond motifs is 1. The minimum atomic E-state index is -0.973. The summed E-state index contributed by atoms with van der Waals surface area (Å²) in [6.45, 7) is 4.63. The number of carbonyl (C=O) groups is 1. The number of ether oxygens (including phenoxy) is 1. The highest BCUT2D eigenvalue weighted by atomic mass is 19.1. The van der Waals surface area contributed by atoms with Gasteiger partial charge >= 0.3 is 0 Å². The third-order valence-electron chi connectivity index (χ3n) is 7.38. The molecule has 3 N–H and O–H groups in total. The fourth-order valence-corrected chi connectivity index (χ4v) is 5.20. The first-order chi connectivity index (χ1) is 18.8. The molecule has 2 aromatic heterocycles. The predicted molar refractivity (Wildman–Crippen MR) is 141 cm³/mol. The summed E-state index contributed by atoms with van der Waals surface area (Å²) in [6, 6.07) is 9.16. The van der Waals surface area contributed by atoms with E-state index in [4.69, 9.17) is 15.6 Å². The number of nitrogens with zero attached hydrogens (tertiary/aromatic N) is 5. The summed E-state index contributed by atoms with van der Waals surface area (Å²) in [6.07, 6.45) is 2.83. The van der Waals surface area contributed by atoms with Crippen molar-refractivity contribution in [3.63, 3.8) is 0 Å². The molecule has 2 aliphatic heterocycles. The van der Waals surface area contributed by atoms with Crippen LogP contribution in [0.25, 0.3) is 16.6 Å². The monoisotopic (exact) mass is 535 g/mol. The number of nitrogens with two attached hydrogens (primary N) is 1. The zero-order valence-corrected chi connectivity index (χ0v) is 21.2. The Labute approximate surface area is 222 Å². The summed E-state index contributed by atoms with van der Waals surface area (Å²) in [5, 5.41) is 12.5. The van der Waals surface area contributed by atoms with Crippen LogP contribution in [0.2, 0.25) is 0 Å². The van der Waals surface area contributed by atoms with Crippen LogP contribution in [0.15, 0.2) is 53.5 Å². The smallest absolute Gasteiger partial charge is 0.276 e. The lowest BCUT2D eigenvalue weighted by Crippen LogP contribution is -2.29. The molecule has 0 spiro atoms. The topological polar surface area (TPSA) is 120 Å². The molecule has 2 aromatic carbocycles. The van der Waals surface area contributed by atoms with Gasteiger partial charge in [0.05, 0.1) is 29.5 Å². The van der Waals surface area contributed by atoms with E-state index in [2.05, 4.69) is 22.2 Å². The Hall–Kier alpha value is -4.16. The molecule has 0 aliphatic carbocycles. The summed E-state index contributed by atoms with van der Waals surface area (Å²) in [5.41, 5.74) is 6.78. The molecule has 4 heterocycles. The second-order valence-electron chi connectivity index (χ2n) is 10.1. The fourth-order valence-electron chi connectivity index (χ4n) is 5.20. The molecule has 4 aromatic rings. The maximum absolute atomic E-state index is 14.4. The van der Waals surface area contributed by atoms with Gasteiger partial charge in [-0.1, -0.05) is 13.0 Å². The number of anilines is 2. The molecule has 0 radical (unpaired) electrons. The van der Waals surface area contributed by atoms with Crippen molar-refractivity contribution in [1.29, 1.82) is 0 Å². The van der Waals surface area contributed by atoms with Gasteiger partial charge in [0.15, 0.2) is 11.6 Å². The van der Waals surface area contributed by atoms with Gasteiger partial charge in [0, 0.05) is 43.4 Å². The van der Waals surface area contributed by atoms with Gasteiger partial charge in [-0.2, -0.15) is 14.9 Å². The highest BCUT2D eigenvalue weighted by Gasteiger charge is 2.31. The maximum atomic E-state index is 14.4. The highest BCUT2D eigenvalue weighted by Crippen LogP contribution is 2.38. The fraction of sp³-hybridized carbons (Fsp3) is 0.333. The molecule has 0 saturated carbocycles. The van der Waals surface area contributed by atoms with E-state index >= 15 is 0 Å². The lowest BCUT2D eigenvalue weighted by Gasteiger charge is -2.23. The van der Waals surface area contributed by atoms with Crippen molar-refractivity contribution in [2.75, 3.05) is 36.5 Å². The number of nitrogens with one attached hydrogen (secondary N) is 1. The zero-order chi connectivity index (χ0) is 27.3. The van der Waals surface area contributed by atoms with Crippen LogP contribution >= 0.6 is 0 Å². The minimum absolute atomic E-state index is 0.0389. The lowest BCUT2D eigenvalue weighted by atomic mass is 10.1. The number of halogens is 2. The van der Waals surface area contributed by atoms with E-state index in [-0.39, 0.29) is 23.7 Å². The van der Waals surface area contributed by atoms with E-state index in [1.165, 1.54) is 12.1 Å². The van der Waals surface area contributed by atoms with Crippen LogP contribution in [0, 0.1) is 17.6 Å². The molecule has 10 nitrogen and oxygen atoms in total. The normalized spacial score (nSPS) is 21.1. The van der Waals surface area contributed by atoms with Crippen molar-refractivity contribution >= 4 is 28.2 Å². The quantitative estimate of drug-likeness (QED) is 0.403. The van der Waals surface area contributed by atoms with Crippen LogP contribution in [0.4, 0.5) is 20.2 Å². The van der Waals surface area contributed by atoms with Crippen LogP contribution in [0.5, 0.6) is 0 Å². The largest absolute Gasteiger partial charge is 0.379 e. The molecule has 39 heavy (non-hydrogen) atoms. The first-order valence-electron chi connectivity index (χ1n) is 12.8. The van der Waals surface area contributed by atoms with Crippen LogP contribution in [0.3, 0.4) is 0 Å². The molecule has 202 valence electrons. The number of carbonyl (C=O) groups excluding carboxylic acids is 1. The van der Waals surface area contributed by atoms with Gasteiger partial charge in [0.2, 0.25) is 0 Å². The van der Waals surface area contributed by atoms with Crippen LogP contribution in [-0.4, -0.2) is 57.8 Å². The van der Waals surface area contributed by atoms with E-state index < -0.39 is 28.8 Å². The summed E-state index contributed by atoms with van der Waals surface area (Å²) >= 11 is 0. The predicted octanol–water partition coefficient (Wildman–Crippen LogP) is 2.86. The third kappa shape index (κ3) is 4.55. The number of hydrogen-bond acceptors (Lipinski definition) is 7. The molecule has 3 atom stereocenters. The number of para-hydroxylation sites is 1. The first kappa shape index (κ1) is 25.1. The minimum Gasteiger partial charge on any atom is -0.379 e. The van der Waals surface area contributed by atoms with E-state index in [9.17, 15) is 18.4 Å². The third-order valence-corrected chi connectivity index (χ3v) is 7.38. The number of aromatic nitrogens is 4. The van der Waals surface area contributed by atoms with E-state index in [1.807, 2.05) is 16.9 Å². The highest BCUT2D eigenvalue weighted by molar-refractivity contribution is 6.08. The van der Waals surface area contributed by atoms with E-state index in [0.717, 1.165) is 41.2 Å². The summed E-state index contributed by atoms with van der Waals surface area (Å²) in [4.78, 5) is 27.9. The van der Waals surface area contributed by atoms with Gasteiger partial charge in [0.25, 0.3) is 11.5 Å². The summed E-state index contributed by atoms with van der Waals surface area (Å²) in [7, 11) is 0. The van der Waals surface area contributed by atoms with Crippen molar-refractivity contribution in [2.45, 2.75) is 25.4 Å². The van der Waals surface area contributed by atoms with Crippen molar-refractivity contribution in [3.05, 3.63) is 76.3 Å². The Morgan fingerprint density at radius 1 is 1.08 bits per heavy atom. The van der Waals surface area contributed by atoms with E-state index in [1.54, 1.807) is 6.07 Å². The Bertz CT molecular complexity index is 1600. The van der Waals surface area contributed by atoms with Crippen molar-refractivity contribution in [3.8, 4) is 5.69 Å². The van der Waals surface area contributed by atoms with Gasteiger partial charge in [-0.25, -0.2) is 8.78 Å². The first-order valence-corrected chi connectivity index (χ1v) is 12.8. The average Bonchev–Trinajstić information content (AvgIpc) is 3.65. The Morgan fingerprint density at radius 3 is 2.56 bits per heavy atom. The van der Waals surface area contributed by atoms with Gasteiger partial charge in [-0.15, -0.1) is 0 Å². The number of amides is 1. The zero-order valence-electron chi connectivity index (χ0n) is 21.2. The Balaban J connectivity index is 1.39. The molecule has 12 heteroatoms. The number of benzene rings is 2. The van der Waals surface area contributed by atoms with Crippen LogP contribution < -0.4 is 21.5 Å². The molecule has 6 rings (SSSR count). The number of hydrogen-bond donors (Lipinski definition) is 2. The van der Waals surface area contributed by atoms with Crippen LogP contribution in [0.1, 0.15) is 29.9 Å². The molecular weight excluding hydrogens is 508 g/mol. The van der Waals surface area contributed by atoms with Crippen LogP contribution in [-0.2, 0) is 4.74 Å². The van der Waals surface area contributed by atoms with Crippen molar-refractivity contribution in [2.24, 2.45) is 11.7 Å². The van der Waals surface area contributed by atoms with E-state index in [0.29, 0.717) is 36.7 Å². The molecule has 1 amide bonds. The standard InChI is InChI=1S/C27H27F2N7O3/c1-15-11-34(13-20(15)30)25-17-12-35(16-9-10-39-14-16)32-21(17)5-6-22(25)31-27(38)23-7-8-24(37)36(33-23)26-18(28)3-2-4-19(26)29/h2-8,12,15-16,20H,9-11,13-14,30H2,1H3,(H,31,38)/t15-,16-,20-/m0/s1. The molecule has 2 saturated heterocycles. The maximum Gasteiger partial charge on any atom is 0.276 e. The molecule has 0 unspecified atom stereocenters. The van der Waals surface area contributed by atoms with Gasteiger partial charge < -0.3 is 20.7 Å². The number of rotatable bonds is 5. The summed E-state index contributed by atoms with van der Waals surface area (Å²) < 4.78 is 36.7. The Morgan fingerprint density at radius 2 is 1.87 bits per heavy atom. The second kappa shape index (κ2) is 9.86.